The summed E-state index contributed by atoms with van der Waals surface area (Å²) in [5, 5.41) is 10.3. The third-order valence-corrected chi connectivity index (χ3v) is 13.8. The second-order valence-electron chi connectivity index (χ2n) is 12.7. The summed E-state index contributed by atoms with van der Waals surface area (Å²) in [6, 6.07) is -0.653. The number of nitrogens with zero attached hydrogens (tertiary/aromatic N) is 2. The molecule has 0 saturated carbocycles. The van der Waals surface area contributed by atoms with Crippen molar-refractivity contribution in [2.24, 2.45) is 17.6 Å². The van der Waals surface area contributed by atoms with Crippen molar-refractivity contribution in [3.05, 3.63) is 15.6 Å². The lowest BCUT2D eigenvalue weighted by Crippen LogP contribution is -2.53. The number of hydrogen-bond acceptors (Lipinski definition) is 6. The van der Waals surface area contributed by atoms with E-state index in [0.717, 1.165) is 32.1 Å². The zero-order valence-corrected chi connectivity index (χ0v) is 27.7. The summed E-state index contributed by atoms with van der Waals surface area (Å²) in [4.78, 5) is 32.9. The summed E-state index contributed by atoms with van der Waals surface area (Å²) in [7, 11) is -2.24. The van der Waals surface area contributed by atoms with Gasteiger partial charge < -0.3 is 20.2 Å². The van der Waals surface area contributed by atoms with Crippen molar-refractivity contribution in [1.29, 1.82) is 0 Å². The number of aryl methyl sites for hydroxylation is 1. The van der Waals surface area contributed by atoms with Crippen LogP contribution in [0.15, 0.2) is 0 Å². The van der Waals surface area contributed by atoms with E-state index in [9.17, 15) is 14.7 Å². The molecule has 9 heteroatoms. The molecule has 0 spiro atoms. The maximum atomic E-state index is 13.8. The van der Waals surface area contributed by atoms with E-state index in [0.29, 0.717) is 22.9 Å². The van der Waals surface area contributed by atoms with Gasteiger partial charge in [-0.1, -0.05) is 81.1 Å². The Morgan fingerprint density at radius 3 is 2.18 bits per heavy atom. The van der Waals surface area contributed by atoms with Crippen molar-refractivity contribution in [3.8, 4) is 0 Å². The molecule has 1 rings (SSSR count). The molecular formula is C29H55N3O4SSi. The highest BCUT2D eigenvalue weighted by Crippen LogP contribution is 2.42. The molecule has 0 bridgehead atoms. The topological polar surface area (TPSA) is 106 Å². The molecule has 4 atom stereocenters. The van der Waals surface area contributed by atoms with Crippen LogP contribution in [0.5, 0.6) is 0 Å². The van der Waals surface area contributed by atoms with Crippen LogP contribution in [0.4, 0.5) is 0 Å². The second-order valence-corrected chi connectivity index (χ2v) is 18.7. The number of amides is 1. The molecule has 0 aliphatic carbocycles. The number of carbonyl (C=O) groups excluding carboxylic acids is 1. The molecule has 0 aliphatic heterocycles. The predicted molar refractivity (Wildman–Crippen MR) is 161 cm³/mol. The smallest absolute Gasteiger partial charge is 0.355 e. The number of carboxylic acid groups (broad SMARTS) is 1. The number of rotatable bonds is 16. The highest BCUT2D eigenvalue weighted by molar-refractivity contribution is 7.12. The van der Waals surface area contributed by atoms with Crippen LogP contribution in [0.25, 0.3) is 0 Å². The number of aromatic carboxylic acids is 1. The first-order chi connectivity index (χ1) is 17.5. The molecule has 0 fully saturated rings. The lowest BCUT2D eigenvalue weighted by atomic mass is 9.92. The molecule has 3 N–H and O–H groups in total. The van der Waals surface area contributed by atoms with E-state index in [1.54, 1.807) is 6.92 Å². The van der Waals surface area contributed by atoms with Gasteiger partial charge in [-0.3, -0.25) is 4.79 Å². The van der Waals surface area contributed by atoms with Crippen LogP contribution in [0.2, 0.25) is 18.1 Å². The van der Waals surface area contributed by atoms with Gasteiger partial charge in [0.15, 0.2) is 14.0 Å². The quantitative estimate of drug-likeness (QED) is 0.159. The number of aromatic nitrogens is 1. The second kappa shape index (κ2) is 14.9. The molecule has 1 aromatic rings. The van der Waals surface area contributed by atoms with Gasteiger partial charge in [-0.25, -0.2) is 9.78 Å². The standard InChI is InChI=1S/C29H55N3O4SSi/c1-12-14-15-16-17-32(27(33)24(30)20(5)13-2)22(19(3)4)18-23(36-38(10,11)29(7,8)9)26-31-25(28(34)35)21(6)37-26/h19-20,22-24H,12-18,30H2,1-11H3,(H,34,35)/t20-,22+,23+,24-/m0/s1. The van der Waals surface area contributed by atoms with Gasteiger partial charge in [0.2, 0.25) is 5.91 Å². The van der Waals surface area contributed by atoms with E-state index in [-0.39, 0.29) is 34.5 Å². The normalized spacial score (nSPS) is 15.8. The predicted octanol–water partition coefficient (Wildman–Crippen LogP) is 7.41. The lowest BCUT2D eigenvalue weighted by molar-refractivity contribution is -0.138. The summed E-state index contributed by atoms with van der Waals surface area (Å²) in [6.45, 7) is 24.0. The number of hydrogen-bond donors (Lipinski definition) is 2. The summed E-state index contributed by atoms with van der Waals surface area (Å²) < 4.78 is 6.94. The van der Waals surface area contributed by atoms with Crippen molar-refractivity contribution < 1.29 is 19.1 Å². The average Bonchev–Trinajstić information content (AvgIpc) is 3.21. The molecule has 1 heterocycles. The third kappa shape index (κ3) is 9.42. The van der Waals surface area contributed by atoms with Crippen LogP contribution in [-0.4, -0.2) is 53.8 Å². The maximum Gasteiger partial charge on any atom is 0.355 e. The minimum absolute atomic E-state index is 0.00201. The van der Waals surface area contributed by atoms with E-state index in [4.69, 9.17) is 10.2 Å². The molecule has 1 aromatic heterocycles. The molecule has 0 aliphatic rings. The van der Waals surface area contributed by atoms with Gasteiger partial charge in [-0.15, -0.1) is 11.3 Å². The maximum absolute atomic E-state index is 13.8. The fourth-order valence-electron chi connectivity index (χ4n) is 4.30. The van der Waals surface area contributed by atoms with Crippen molar-refractivity contribution >= 4 is 31.5 Å². The van der Waals surface area contributed by atoms with Crippen LogP contribution in [0, 0.1) is 18.8 Å². The Bertz CT molecular complexity index is 897. The van der Waals surface area contributed by atoms with Gasteiger partial charge in [0.05, 0.1) is 12.1 Å². The fraction of sp³-hybridized carbons (Fsp3) is 0.828. The molecule has 38 heavy (non-hydrogen) atoms. The Balaban J connectivity index is 3.53. The Morgan fingerprint density at radius 1 is 1.13 bits per heavy atom. The summed E-state index contributed by atoms with van der Waals surface area (Å²) in [6.07, 6.45) is 5.28. The molecule has 0 radical (unpaired) electrons. The zero-order valence-electron chi connectivity index (χ0n) is 25.9. The fourth-order valence-corrected chi connectivity index (χ4v) is 6.61. The Labute approximate surface area is 237 Å². The highest BCUT2D eigenvalue weighted by Gasteiger charge is 2.42. The van der Waals surface area contributed by atoms with Crippen LogP contribution in [0.3, 0.4) is 0 Å². The number of carboxylic acids is 1. The molecule has 0 saturated heterocycles. The molecule has 1 amide bonds. The van der Waals surface area contributed by atoms with E-state index < -0.39 is 26.4 Å². The highest BCUT2D eigenvalue weighted by atomic mass is 32.1. The summed E-state index contributed by atoms with van der Waals surface area (Å²) in [5.74, 6) is -0.766. The van der Waals surface area contributed by atoms with Crippen LogP contribution >= 0.6 is 11.3 Å². The Morgan fingerprint density at radius 2 is 1.74 bits per heavy atom. The number of unbranched alkanes of at least 4 members (excludes halogenated alkanes) is 3. The number of thiazole rings is 1. The van der Waals surface area contributed by atoms with Gasteiger partial charge in [-0.2, -0.15) is 0 Å². The number of nitrogens with two attached hydrogens (primary N) is 1. The third-order valence-electron chi connectivity index (χ3n) is 8.24. The van der Waals surface area contributed by atoms with E-state index >= 15 is 0 Å². The number of carbonyl (C=O) groups is 2. The van der Waals surface area contributed by atoms with Gasteiger partial charge in [0.1, 0.15) is 5.01 Å². The van der Waals surface area contributed by atoms with Crippen molar-refractivity contribution in [2.75, 3.05) is 6.54 Å². The molecule has 0 unspecified atom stereocenters. The molecular weight excluding hydrogens is 514 g/mol. The van der Waals surface area contributed by atoms with Gasteiger partial charge in [0, 0.05) is 17.5 Å². The monoisotopic (exact) mass is 569 g/mol. The van der Waals surface area contributed by atoms with Crippen LogP contribution in [0.1, 0.15) is 120 Å². The Kier molecular flexibility index (Phi) is 13.6. The van der Waals surface area contributed by atoms with Crippen molar-refractivity contribution in [1.82, 2.24) is 9.88 Å². The average molecular weight is 570 g/mol. The van der Waals surface area contributed by atoms with E-state index in [1.807, 2.05) is 11.8 Å². The van der Waals surface area contributed by atoms with Gasteiger partial charge >= 0.3 is 5.97 Å². The van der Waals surface area contributed by atoms with E-state index in [2.05, 4.69) is 66.5 Å². The van der Waals surface area contributed by atoms with E-state index in [1.165, 1.54) is 11.3 Å². The van der Waals surface area contributed by atoms with Gasteiger partial charge in [-0.05, 0) is 49.7 Å². The molecule has 220 valence electrons. The Hall–Kier alpha value is -1.29. The SMILES string of the molecule is CCCCCCN(C(=O)[C@@H](N)[C@@H](C)CC)[C@H](C[C@@H](O[Si](C)(C)C(C)(C)C)c1nc(C(=O)O)c(C)s1)C(C)C. The zero-order chi connectivity index (χ0) is 29.4. The lowest BCUT2D eigenvalue weighted by Gasteiger charge is -2.42. The summed E-state index contributed by atoms with van der Waals surface area (Å²) >= 11 is 1.39. The van der Waals surface area contributed by atoms with Crippen molar-refractivity contribution in [2.45, 2.75) is 137 Å². The first-order valence-electron chi connectivity index (χ1n) is 14.4. The summed E-state index contributed by atoms with van der Waals surface area (Å²) in [5.41, 5.74) is 6.59. The first-order valence-corrected chi connectivity index (χ1v) is 18.1. The largest absolute Gasteiger partial charge is 0.476 e. The molecule has 7 nitrogen and oxygen atoms in total. The minimum Gasteiger partial charge on any atom is -0.476 e. The van der Waals surface area contributed by atoms with Gasteiger partial charge in [0.25, 0.3) is 0 Å². The van der Waals surface area contributed by atoms with Crippen molar-refractivity contribution in [3.63, 3.8) is 0 Å². The first kappa shape index (κ1) is 34.7. The van der Waals surface area contributed by atoms with Crippen LogP contribution < -0.4 is 5.73 Å². The molecule has 0 aromatic carbocycles. The minimum atomic E-state index is -2.24. The van der Waals surface area contributed by atoms with Crippen LogP contribution in [-0.2, 0) is 9.22 Å².